The highest BCUT2D eigenvalue weighted by molar-refractivity contribution is 6.31. The minimum Gasteiger partial charge on any atom is -0.346 e. The van der Waals surface area contributed by atoms with E-state index in [1.807, 2.05) is 25.1 Å². The lowest BCUT2D eigenvalue weighted by Crippen LogP contribution is -2.40. The average molecular weight is 396 g/mol. The van der Waals surface area contributed by atoms with Crippen LogP contribution >= 0.6 is 11.6 Å². The Kier molecular flexibility index (Phi) is 7.27. The minimum atomic E-state index is -1.06. The molecule has 0 spiro atoms. The van der Waals surface area contributed by atoms with Gasteiger partial charge in [0.1, 0.15) is 0 Å². The van der Waals surface area contributed by atoms with Crippen LogP contribution in [0.4, 0.5) is 14.5 Å². The van der Waals surface area contributed by atoms with Crippen LogP contribution in [0.25, 0.3) is 0 Å². The van der Waals surface area contributed by atoms with Crippen molar-refractivity contribution in [2.45, 2.75) is 13.0 Å². The second kappa shape index (κ2) is 9.43. The monoisotopic (exact) mass is 395 g/mol. The molecule has 0 heterocycles. The molecule has 144 valence electrons. The number of nitrogens with one attached hydrogen (secondary N) is 2. The Labute approximate surface area is 161 Å². The first-order chi connectivity index (χ1) is 12.8. The van der Waals surface area contributed by atoms with Gasteiger partial charge in [0.25, 0.3) is 0 Å². The van der Waals surface area contributed by atoms with Gasteiger partial charge in [-0.2, -0.15) is 0 Å². The van der Waals surface area contributed by atoms with Crippen molar-refractivity contribution >= 4 is 29.1 Å². The molecule has 0 aliphatic heterocycles. The van der Waals surface area contributed by atoms with Gasteiger partial charge in [-0.1, -0.05) is 29.8 Å². The topological polar surface area (TPSA) is 61.4 Å². The van der Waals surface area contributed by atoms with E-state index in [4.69, 9.17) is 11.6 Å². The zero-order valence-corrected chi connectivity index (χ0v) is 15.7. The van der Waals surface area contributed by atoms with Gasteiger partial charge in [-0.05, 0) is 37.7 Å². The van der Waals surface area contributed by atoms with Crippen molar-refractivity contribution in [3.05, 3.63) is 64.7 Å². The third-order valence-corrected chi connectivity index (χ3v) is 4.40. The number of benzene rings is 2. The predicted molar refractivity (Wildman–Crippen MR) is 100 cm³/mol. The minimum absolute atomic E-state index is 0.0604. The number of carbonyl (C=O) groups excluding carboxylic acids is 2. The summed E-state index contributed by atoms with van der Waals surface area (Å²) < 4.78 is 26.0. The first-order valence-electron chi connectivity index (χ1n) is 8.24. The summed E-state index contributed by atoms with van der Waals surface area (Å²) in [6, 6.07) is 10.3. The molecule has 5 nitrogen and oxygen atoms in total. The Morgan fingerprint density at radius 3 is 2.48 bits per heavy atom. The van der Waals surface area contributed by atoms with Crippen LogP contribution in [0.3, 0.4) is 0 Å². The number of nitrogens with zero attached hydrogens (tertiary/aromatic N) is 1. The molecule has 2 aromatic carbocycles. The van der Waals surface area contributed by atoms with Crippen LogP contribution in [-0.4, -0.2) is 36.9 Å². The molecule has 8 heteroatoms. The third kappa shape index (κ3) is 6.01. The molecule has 1 unspecified atom stereocenters. The van der Waals surface area contributed by atoms with Crippen molar-refractivity contribution in [3.63, 3.8) is 0 Å². The van der Waals surface area contributed by atoms with Gasteiger partial charge in [0.15, 0.2) is 11.6 Å². The van der Waals surface area contributed by atoms with Gasteiger partial charge in [-0.15, -0.1) is 0 Å². The van der Waals surface area contributed by atoms with E-state index in [2.05, 4.69) is 10.6 Å². The number of anilines is 1. The van der Waals surface area contributed by atoms with Gasteiger partial charge < -0.3 is 10.6 Å². The summed E-state index contributed by atoms with van der Waals surface area (Å²) in [5, 5.41) is 5.48. The van der Waals surface area contributed by atoms with Crippen LogP contribution in [0.15, 0.2) is 42.5 Å². The molecule has 0 aliphatic carbocycles. The fraction of sp³-hybridized carbons (Fsp3) is 0.263. The fourth-order valence-corrected chi connectivity index (χ4v) is 2.72. The van der Waals surface area contributed by atoms with Crippen LogP contribution in [0.2, 0.25) is 5.02 Å². The van der Waals surface area contributed by atoms with Gasteiger partial charge in [-0.25, -0.2) is 8.78 Å². The van der Waals surface area contributed by atoms with Crippen LogP contribution in [0.5, 0.6) is 0 Å². The Morgan fingerprint density at radius 2 is 1.81 bits per heavy atom. The standard InChI is InChI=1S/C19H20ClF2N3O2/c1-12(14-5-3-4-6-15(14)20)25(2)11-19(27)23-10-18(26)24-13-7-8-16(21)17(22)9-13/h3-9,12H,10-11H2,1-2H3,(H,23,27)(H,24,26). The average Bonchev–Trinajstić information content (AvgIpc) is 2.63. The molecule has 2 amide bonds. The van der Waals surface area contributed by atoms with Crippen LogP contribution < -0.4 is 10.6 Å². The van der Waals surface area contributed by atoms with Gasteiger partial charge in [0, 0.05) is 22.8 Å². The quantitative estimate of drug-likeness (QED) is 0.755. The van der Waals surface area contributed by atoms with E-state index >= 15 is 0 Å². The third-order valence-electron chi connectivity index (χ3n) is 4.06. The molecule has 0 radical (unpaired) electrons. The number of hydrogen-bond acceptors (Lipinski definition) is 3. The van der Waals surface area contributed by atoms with E-state index < -0.39 is 17.5 Å². The maximum Gasteiger partial charge on any atom is 0.243 e. The summed E-state index contributed by atoms with van der Waals surface area (Å²) in [4.78, 5) is 25.7. The molecule has 0 aliphatic rings. The number of carbonyl (C=O) groups is 2. The van der Waals surface area contributed by atoms with Gasteiger partial charge in [0.05, 0.1) is 13.1 Å². The van der Waals surface area contributed by atoms with Crippen LogP contribution in [0.1, 0.15) is 18.5 Å². The summed E-state index contributed by atoms with van der Waals surface area (Å²) in [6.45, 7) is 1.70. The summed E-state index contributed by atoms with van der Waals surface area (Å²) in [5.74, 6) is -2.96. The van der Waals surface area contributed by atoms with E-state index in [-0.39, 0.29) is 30.7 Å². The van der Waals surface area contributed by atoms with Crippen LogP contribution in [-0.2, 0) is 9.59 Å². The fourth-order valence-electron chi connectivity index (χ4n) is 2.43. The molecule has 2 N–H and O–H groups in total. The van der Waals surface area contributed by atoms with E-state index in [0.29, 0.717) is 5.02 Å². The maximum absolute atomic E-state index is 13.1. The lowest BCUT2D eigenvalue weighted by atomic mass is 10.1. The largest absolute Gasteiger partial charge is 0.346 e. The number of likely N-dealkylation sites (N-methyl/N-ethyl adjacent to an activating group) is 1. The molecule has 0 saturated carbocycles. The predicted octanol–water partition coefficient (Wildman–Crippen LogP) is 3.37. The first kappa shape index (κ1) is 20.8. The van der Waals surface area contributed by atoms with Gasteiger partial charge >= 0.3 is 0 Å². The molecule has 0 bridgehead atoms. The second-order valence-corrected chi connectivity index (χ2v) is 6.47. The normalized spacial score (nSPS) is 11.9. The molecular weight excluding hydrogens is 376 g/mol. The molecule has 2 aromatic rings. The highest BCUT2D eigenvalue weighted by Crippen LogP contribution is 2.25. The summed E-state index contributed by atoms with van der Waals surface area (Å²) in [7, 11) is 1.77. The first-order valence-corrected chi connectivity index (χ1v) is 8.62. The van der Waals surface area contributed by atoms with E-state index in [1.165, 1.54) is 6.07 Å². The van der Waals surface area contributed by atoms with Crippen molar-refractivity contribution in [1.29, 1.82) is 0 Å². The number of amides is 2. The van der Waals surface area contributed by atoms with Crippen molar-refractivity contribution in [1.82, 2.24) is 10.2 Å². The van der Waals surface area contributed by atoms with Crippen molar-refractivity contribution < 1.29 is 18.4 Å². The molecule has 2 rings (SSSR count). The molecule has 0 saturated heterocycles. The SMILES string of the molecule is CC(c1ccccc1Cl)N(C)CC(=O)NCC(=O)Nc1ccc(F)c(F)c1. The second-order valence-electron chi connectivity index (χ2n) is 6.07. The Hall–Kier alpha value is -2.51. The molecule has 27 heavy (non-hydrogen) atoms. The summed E-state index contributed by atoms with van der Waals surface area (Å²) in [5.41, 5.74) is 1.00. The molecule has 1 atom stereocenters. The van der Waals surface area contributed by atoms with Crippen LogP contribution in [0, 0.1) is 11.6 Å². The van der Waals surface area contributed by atoms with Gasteiger partial charge in [-0.3, -0.25) is 14.5 Å². The summed E-state index contributed by atoms with van der Waals surface area (Å²) in [6.07, 6.45) is 0. The van der Waals surface area contributed by atoms with Gasteiger partial charge in [0.2, 0.25) is 11.8 Å². The Bertz CT molecular complexity index is 832. The lowest BCUT2D eigenvalue weighted by molar-refractivity contribution is -0.125. The highest BCUT2D eigenvalue weighted by Gasteiger charge is 2.17. The smallest absolute Gasteiger partial charge is 0.243 e. The molecule has 0 fully saturated rings. The van der Waals surface area contributed by atoms with E-state index in [0.717, 1.165) is 17.7 Å². The molecule has 0 aromatic heterocycles. The van der Waals surface area contributed by atoms with Crippen molar-refractivity contribution in [3.8, 4) is 0 Å². The van der Waals surface area contributed by atoms with Crippen molar-refractivity contribution in [2.75, 3.05) is 25.5 Å². The zero-order valence-electron chi connectivity index (χ0n) is 14.9. The molecular formula is C19H20ClF2N3O2. The number of rotatable bonds is 7. The number of halogens is 3. The summed E-state index contributed by atoms with van der Waals surface area (Å²) >= 11 is 6.17. The van der Waals surface area contributed by atoms with E-state index in [1.54, 1.807) is 18.0 Å². The Balaban J connectivity index is 1.82. The zero-order chi connectivity index (χ0) is 20.0. The lowest BCUT2D eigenvalue weighted by Gasteiger charge is -2.25. The highest BCUT2D eigenvalue weighted by atomic mass is 35.5. The van der Waals surface area contributed by atoms with E-state index in [9.17, 15) is 18.4 Å². The maximum atomic E-state index is 13.1. The Morgan fingerprint density at radius 1 is 1.11 bits per heavy atom. The number of hydrogen-bond donors (Lipinski definition) is 2. The van der Waals surface area contributed by atoms with Crippen molar-refractivity contribution in [2.24, 2.45) is 0 Å².